The Kier molecular flexibility index (Phi) is 3.82. The SMILES string of the molecule is Cc1nsc(-c2nc(N)c(C#N)nc2-c2ccc3ncccc3c2)c1C. The number of hydrogen-bond acceptors (Lipinski definition) is 7. The molecule has 0 aliphatic carbocycles. The second-order valence-electron chi connectivity index (χ2n) is 5.90. The Labute approximate surface area is 154 Å². The minimum atomic E-state index is 0.119. The van der Waals surface area contributed by atoms with Crippen LogP contribution in [0.3, 0.4) is 0 Å². The van der Waals surface area contributed by atoms with Crippen LogP contribution < -0.4 is 5.73 Å². The van der Waals surface area contributed by atoms with E-state index < -0.39 is 0 Å². The molecule has 26 heavy (non-hydrogen) atoms. The molecule has 1 aromatic carbocycles. The van der Waals surface area contributed by atoms with Crippen LogP contribution in [0.2, 0.25) is 0 Å². The highest BCUT2D eigenvalue weighted by Gasteiger charge is 2.20. The number of nitriles is 1. The number of pyridine rings is 1. The summed E-state index contributed by atoms with van der Waals surface area (Å²) in [5.74, 6) is 0.124. The predicted molar refractivity (Wildman–Crippen MR) is 102 cm³/mol. The Balaban J connectivity index is 2.02. The minimum Gasteiger partial charge on any atom is -0.381 e. The largest absolute Gasteiger partial charge is 0.381 e. The molecule has 6 nitrogen and oxygen atoms in total. The van der Waals surface area contributed by atoms with Gasteiger partial charge < -0.3 is 5.73 Å². The lowest BCUT2D eigenvalue weighted by atomic mass is 10.0. The van der Waals surface area contributed by atoms with Gasteiger partial charge in [-0.05, 0) is 49.1 Å². The van der Waals surface area contributed by atoms with E-state index in [-0.39, 0.29) is 11.5 Å². The maximum Gasteiger partial charge on any atom is 0.183 e. The third-order valence-electron chi connectivity index (χ3n) is 4.28. The second-order valence-corrected chi connectivity index (χ2v) is 6.67. The van der Waals surface area contributed by atoms with E-state index in [1.54, 1.807) is 6.20 Å². The summed E-state index contributed by atoms with van der Waals surface area (Å²) in [6.07, 6.45) is 1.76. The highest BCUT2D eigenvalue weighted by Crippen LogP contribution is 2.36. The van der Waals surface area contributed by atoms with Crippen molar-refractivity contribution in [3.05, 3.63) is 53.5 Å². The molecule has 3 heterocycles. The van der Waals surface area contributed by atoms with Crippen LogP contribution in [0.25, 0.3) is 32.7 Å². The van der Waals surface area contributed by atoms with Crippen LogP contribution in [0.5, 0.6) is 0 Å². The summed E-state index contributed by atoms with van der Waals surface area (Å²) in [6.45, 7) is 3.95. The fourth-order valence-electron chi connectivity index (χ4n) is 2.75. The quantitative estimate of drug-likeness (QED) is 0.583. The molecular formula is C19H14N6S. The van der Waals surface area contributed by atoms with Gasteiger partial charge in [-0.2, -0.15) is 9.64 Å². The number of benzene rings is 1. The van der Waals surface area contributed by atoms with Gasteiger partial charge in [0.1, 0.15) is 11.8 Å². The van der Waals surface area contributed by atoms with Gasteiger partial charge in [0, 0.05) is 17.1 Å². The van der Waals surface area contributed by atoms with Gasteiger partial charge in [0.05, 0.1) is 21.8 Å². The van der Waals surface area contributed by atoms with Crippen molar-refractivity contribution in [1.82, 2.24) is 19.3 Å². The van der Waals surface area contributed by atoms with E-state index in [1.807, 2.05) is 50.2 Å². The molecular weight excluding hydrogens is 344 g/mol. The summed E-state index contributed by atoms with van der Waals surface area (Å²) in [5, 5.41) is 10.3. The summed E-state index contributed by atoms with van der Waals surface area (Å²) in [7, 11) is 0. The van der Waals surface area contributed by atoms with Crippen LogP contribution in [0, 0.1) is 25.2 Å². The zero-order valence-corrected chi connectivity index (χ0v) is 15.0. The maximum absolute atomic E-state index is 9.33. The Morgan fingerprint density at radius 2 is 1.96 bits per heavy atom. The summed E-state index contributed by atoms with van der Waals surface area (Å²) < 4.78 is 4.41. The Hall–Kier alpha value is -3.37. The molecule has 126 valence electrons. The van der Waals surface area contributed by atoms with Crippen LogP contribution in [0.4, 0.5) is 5.82 Å². The number of nitrogens with two attached hydrogens (primary N) is 1. The molecule has 0 aliphatic rings. The van der Waals surface area contributed by atoms with E-state index >= 15 is 0 Å². The molecule has 0 aliphatic heterocycles. The summed E-state index contributed by atoms with van der Waals surface area (Å²) >= 11 is 1.36. The van der Waals surface area contributed by atoms with Crippen molar-refractivity contribution >= 4 is 28.3 Å². The van der Waals surface area contributed by atoms with Crippen LogP contribution in [0.1, 0.15) is 17.0 Å². The molecule has 0 bridgehead atoms. The van der Waals surface area contributed by atoms with Crippen molar-refractivity contribution in [2.24, 2.45) is 0 Å². The summed E-state index contributed by atoms with van der Waals surface area (Å²) in [4.78, 5) is 14.3. The minimum absolute atomic E-state index is 0.119. The Bertz CT molecular complexity index is 1190. The number of aryl methyl sites for hydroxylation is 1. The average molecular weight is 358 g/mol. The highest BCUT2D eigenvalue weighted by atomic mass is 32.1. The monoisotopic (exact) mass is 358 g/mol. The van der Waals surface area contributed by atoms with Gasteiger partial charge in [-0.15, -0.1) is 0 Å². The van der Waals surface area contributed by atoms with Crippen LogP contribution in [-0.4, -0.2) is 19.3 Å². The maximum atomic E-state index is 9.33. The smallest absolute Gasteiger partial charge is 0.183 e. The number of nitrogens with zero attached hydrogens (tertiary/aromatic N) is 5. The first-order chi connectivity index (χ1) is 12.6. The molecule has 3 aromatic heterocycles. The standard InChI is InChI=1S/C19H14N6S/c1-10-11(2)25-26-18(10)17-16(23-15(9-20)19(21)24-17)13-5-6-14-12(8-13)4-3-7-22-14/h3-8H,1-2H3,(H2,21,24). The van der Waals surface area contributed by atoms with Crippen molar-refractivity contribution in [2.45, 2.75) is 13.8 Å². The van der Waals surface area contributed by atoms with Crippen LogP contribution >= 0.6 is 11.5 Å². The lowest BCUT2D eigenvalue weighted by Crippen LogP contribution is -2.03. The molecule has 0 amide bonds. The molecule has 4 rings (SSSR count). The predicted octanol–water partition coefficient (Wildman–Crippen LogP) is 3.89. The molecule has 0 radical (unpaired) electrons. The molecule has 0 unspecified atom stereocenters. The van der Waals surface area contributed by atoms with E-state index in [9.17, 15) is 5.26 Å². The fraction of sp³-hybridized carbons (Fsp3) is 0.105. The Morgan fingerprint density at radius 3 is 2.69 bits per heavy atom. The van der Waals surface area contributed by atoms with E-state index in [0.717, 1.165) is 32.6 Å². The van der Waals surface area contributed by atoms with Gasteiger partial charge in [0.25, 0.3) is 0 Å². The molecule has 0 spiro atoms. The first kappa shape index (κ1) is 16.1. The van der Waals surface area contributed by atoms with E-state index in [4.69, 9.17) is 5.73 Å². The molecule has 4 aromatic rings. The van der Waals surface area contributed by atoms with Crippen molar-refractivity contribution < 1.29 is 0 Å². The van der Waals surface area contributed by atoms with E-state index in [0.29, 0.717) is 11.4 Å². The number of aromatic nitrogens is 4. The molecule has 0 fully saturated rings. The van der Waals surface area contributed by atoms with Gasteiger partial charge in [0.2, 0.25) is 0 Å². The second kappa shape index (κ2) is 6.17. The lowest BCUT2D eigenvalue weighted by molar-refractivity contribution is 1.18. The van der Waals surface area contributed by atoms with Gasteiger partial charge in [-0.1, -0.05) is 12.1 Å². The third kappa shape index (κ3) is 2.57. The zero-order chi connectivity index (χ0) is 18.3. The van der Waals surface area contributed by atoms with Crippen molar-refractivity contribution in [1.29, 1.82) is 5.26 Å². The summed E-state index contributed by atoms with van der Waals surface area (Å²) in [5.41, 5.74) is 11.1. The van der Waals surface area contributed by atoms with Gasteiger partial charge >= 0.3 is 0 Å². The third-order valence-corrected chi connectivity index (χ3v) is 5.32. The molecule has 0 saturated carbocycles. The van der Waals surface area contributed by atoms with Crippen molar-refractivity contribution in [2.75, 3.05) is 5.73 Å². The first-order valence-corrected chi connectivity index (χ1v) is 8.72. The average Bonchev–Trinajstić information content (AvgIpc) is 3.00. The highest BCUT2D eigenvalue weighted by molar-refractivity contribution is 7.09. The Morgan fingerprint density at radius 1 is 1.12 bits per heavy atom. The first-order valence-electron chi connectivity index (χ1n) is 7.94. The zero-order valence-electron chi connectivity index (χ0n) is 14.2. The fourth-order valence-corrected chi connectivity index (χ4v) is 3.63. The topological polar surface area (TPSA) is 101 Å². The number of rotatable bonds is 2. The lowest BCUT2D eigenvalue weighted by Gasteiger charge is -2.10. The molecule has 0 atom stereocenters. The van der Waals surface area contributed by atoms with Gasteiger partial charge in [0.15, 0.2) is 11.5 Å². The number of hydrogen-bond donors (Lipinski definition) is 1. The molecule has 7 heteroatoms. The van der Waals surface area contributed by atoms with Crippen LogP contribution in [-0.2, 0) is 0 Å². The van der Waals surface area contributed by atoms with Crippen molar-refractivity contribution in [3.63, 3.8) is 0 Å². The molecule has 2 N–H and O–H groups in total. The number of anilines is 1. The number of nitrogen functional groups attached to an aromatic ring is 1. The van der Waals surface area contributed by atoms with E-state index in [2.05, 4.69) is 19.3 Å². The van der Waals surface area contributed by atoms with Gasteiger partial charge in [-0.25, -0.2) is 9.97 Å². The normalized spacial score (nSPS) is 10.8. The van der Waals surface area contributed by atoms with Crippen molar-refractivity contribution in [3.8, 4) is 27.9 Å². The van der Waals surface area contributed by atoms with E-state index in [1.165, 1.54) is 11.5 Å². The molecule has 0 saturated heterocycles. The van der Waals surface area contributed by atoms with Gasteiger partial charge in [-0.3, -0.25) is 4.98 Å². The number of fused-ring (bicyclic) bond motifs is 1. The summed E-state index contributed by atoms with van der Waals surface area (Å²) in [6, 6.07) is 11.8. The van der Waals surface area contributed by atoms with Crippen LogP contribution in [0.15, 0.2) is 36.5 Å².